The molecule has 0 saturated heterocycles. The second kappa shape index (κ2) is 6.11. The van der Waals surface area contributed by atoms with Crippen molar-refractivity contribution < 1.29 is 18.0 Å². The predicted molar refractivity (Wildman–Crippen MR) is 63.2 cm³/mol. The van der Waals surface area contributed by atoms with Gasteiger partial charge < -0.3 is 10.2 Å². The molecule has 0 unspecified atom stereocenters. The molecule has 1 saturated carbocycles. The molecule has 1 N–H and O–H groups in total. The lowest BCUT2D eigenvalue weighted by atomic mass is 9.85. The van der Waals surface area contributed by atoms with Crippen LogP contribution in [0.3, 0.4) is 0 Å². The maximum absolute atomic E-state index is 12.5. The first-order valence-electron chi connectivity index (χ1n) is 6.03. The maximum Gasteiger partial charge on any atom is 0.391 e. The number of alkyl halides is 3. The number of nitrogens with one attached hydrogen (secondary N) is 1. The summed E-state index contributed by atoms with van der Waals surface area (Å²) in [5, 5.41) is 2.75. The molecule has 3 nitrogen and oxygen atoms in total. The smallest absolute Gasteiger partial charge is 0.335 e. The average Bonchev–Trinajstić information content (AvgIpc) is 2.28. The topological polar surface area (TPSA) is 32.3 Å². The van der Waals surface area contributed by atoms with Gasteiger partial charge in [-0.15, -0.1) is 6.58 Å². The Bertz CT molecular complexity index is 296. The molecular formula is C12H19F3N2O. The minimum Gasteiger partial charge on any atom is -0.335 e. The third-order valence-electron chi connectivity index (χ3n) is 3.27. The summed E-state index contributed by atoms with van der Waals surface area (Å²) < 4.78 is 37.4. The summed E-state index contributed by atoms with van der Waals surface area (Å²) in [7, 11) is 1.62. The van der Waals surface area contributed by atoms with Crippen molar-refractivity contribution in [3.8, 4) is 0 Å². The molecule has 0 atom stereocenters. The highest BCUT2D eigenvalue weighted by Crippen LogP contribution is 2.37. The Morgan fingerprint density at radius 2 is 1.94 bits per heavy atom. The van der Waals surface area contributed by atoms with Crippen LogP contribution in [0.1, 0.15) is 25.7 Å². The van der Waals surface area contributed by atoms with Crippen LogP contribution < -0.4 is 5.32 Å². The third-order valence-corrected chi connectivity index (χ3v) is 3.27. The number of amides is 2. The monoisotopic (exact) mass is 264 g/mol. The fourth-order valence-electron chi connectivity index (χ4n) is 2.13. The Labute approximate surface area is 105 Å². The minimum absolute atomic E-state index is 0.0968. The van der Waals surface area contributed by atoms with Crippen molar-refractivity contribution in [2.75, 3.05) is 13.6 Å². The highest BCUT2D eigenvalue weighted by Gasteiger charge is 2.41. The van der Waals surface area contributed by atoms with E-state index in [1.165, 1.54) is 4.90 Å². The Morgan fingerprint density at radius 1 is 1.39 bits per heavy atom. The molecule has 1 aliphatic carbocycles. The van der Waals surface area contributed by atoms with E-state index in [0.29, 0.717) is 19.4 Å². The molecular weight excluding hydrogens is 245 g/mol. The molecule has 0 aromatic heterocycles. The first kappa shape index (κ1) is 14.9. The molecule has 0 aliphatic heterocycles. The van der Waals surface area contributed by atoms with E-state index < -0.39 is 12.1 Å². The predicted octanol–water partition coefficient (Wildman–Crippen LogP) is 2.93. The van der Waals surface area contributed by atoms with Crippen LogP contribution >= 0.6 is 0 Å². The molecule has 104 valence electrons. The van der Waals surface area contributed by atoms with E-state index in [0.717, 1.165) is 0 Å². The molecule has 1 rings (SSSR count). The number of carbonyl (C=O) groups is 1. The van der Waals surface area contributed by atoms with Crippen LogP contribution in [0.15, 0.2) is 12.7 Å². The van der Waals surface area contributed by atoms with Gasteiger partial charge >= 0.3 is 12.2 Å². The quantitative estimate of drug-likeness (QED) is 0.781. The highest BCUT2D eigenvalue weighted by atomic mass is 19.4. The first-order valence-corrected chi connectivity index (χ1v) is 6.03. The van der Waals surface area contributed by atoms with E-state index in [9.17, 15) is 18.0 Å². The number of urea groups is 1. The van der Waals surface area contributed by atoms with E-state index in [1.54, 1.807) is 13.1 Å². The van der Waals surface area contributed by atoms with Gasteiger partial charge in [-0.25, -0.2) is 4.79 Å². The zero-order chi connectivity index (χ0) is 13.8. The zero-order valence-corrected chi connectivity index (χ0v) is 10.5. The zero-order valence-electron chi connectivity index (χ0n) is 10.5. The van der Waals surface area contributed by atoms with Crippen LogP contribution in [0, 0.1) is 5.92 Å². The van der Waals surface area contributed by atoms with Crippen molar-refractivity contribution in [1.29, 1.82) is 0 Å². The lowest BCUT2D eigenvalue weighted by Gasteiger charge is -2.31. The SMILES string of the molecule is C=CCN(C)C(=O)NC1CCC(C(F)(F)F)CC1. The van der Waals surface area contributed by atoms with Crippen molar-refractivity contribution in [1.82, 2.24) is 10.2 Å². The van der Waals surface area contributed by atoms with E-state index in [4.69, 9.17) is 0 Å². The van der Waals surface area contributed by atoms with Gasteiger partial charge in [0.25, 0.3) is 0 Å². The van der Waals surface area contributed by atoms with Crippen LogP contribution in [0.5, 0.6) is 0 Å². The normalized spacial score (nSPS) is 24.4. The molecule has 1 fully saturated rings. The number of halogens is 3. The molecule has 0 bridgehead atoms. The Morgan fingerprint density at radius 3 is 2.39 bits per heavy atom. The number of likely N-dealkylation sites (N-methyl/N-ethyl adjacent to an activating group) is 1. The van der Waals surface area contributed by atoms with Gasteiger partial charge in [0, 0.05) is 19.6 Å². The molecule has 0 spiro atoms. The van der Waals surface area contributed by atoms with Crippen molar-refractivity contribution in [3.63, 3.8) is 0 Å². The van der Waals surface area contributed by atoms with Gasteiger partial charge in [-0.3, -0.25) is 0 Å². The van der Waals surface area contributed by atoms with Gasteiger partial charge in [0.15, 0.2) is 0 Å². The molecule has 0 aromatic rings. The van der Waals surface area contributed by atoms with Crippen molar-refractivity contribution >= 4 is 6.03 Å². The minimum atomic E-state index is -4.10. The second-order valence-electron chi connectivity index (χ2n) is 4.71. The van der Waals surface area contributed by atoms with E-state index in [2.05, 4.69) is 11.9 Å². The standard InChI is InChI=1S/C12H19F3N2O/c1-3-8-17(2)11(18)16-10-6-4-9(5-7-10)12(13,14)15/h3,9-10H,1,4-8H2,2H3,(H,16,18). The lowest BCUT2D eigenvalue weighted by molar-refractivity contribution is -0.182. The van der Waals surface area contributed by atoms with Crippen molar-refractivity contribution in [3.05, 3.63) is 12.7 Å². The largest absolute Gasteiger partial charge is 0.391 e. The summed E-state index contributed by atoms with van der Waals surface area (Å²) >= 11 is 0. The fourth-order valence-corrected chi connectivity index (χ4v) is 2.13. The van der Waals surface area contributed by atoms with Crippen LogP contribution in [0.25, 0.3) is 0 Å². The second-order valence-corrected chi connectivity index (χ2v) is 4.71. The number of hydrogen-bond acceptors (Lipinski definition) is 1. The third kappa shape index (κ3) is 4.23. The van der Waals surface area contributed by atoms with E-state index in [-0.39, 0.29) is 24.9 Å². The first-order chi connectivity index (χ1) is 8.34. The number of nitrogens with zero attached hydrogens (tertiary/aromatic N) is 1. The van der Waals surface area contributed by atoms with Crippen molar-refractivity contribution in [2.24, 2.45) is 5.92 Å². The Kier molecular flexibility index (Phi) is 5.04. The molecule has 18 heavy (non-hydrogen) atoms. The molecule has 1 aliphatic rings. The molecule has 0 aromatic carbocycles. The van der Waals surface area contributed by atoms with Crippen LogP contribution in [-0.4, -0.2) is 36.7 Å². The van der Waals surface area contributed by atoms with Gasteiger partial charge in [0.1, 0.15) is 0 Å². The molecule has 2 amide bonds. The van der Waals surface area contributed by atoms with Gasteiger partial charge in [-0.1, -0.05) is 6.08 Å². The lowest BCUT2D eigenvalue weighted by Crippen LogP contribution is -2.45. The summed E-state index contributed by atoms with van der Waals surface area (Å²) in [6, 6.07) is -0.409. The van der Waals surface area contributed by atoms with Crippen LogP contribution in [-0.2, 0) is 0 Å². The summed E-state index contributed by atoms with van der Waals surface area (Å²) in [5.74, 6) is -1.21. The summed E-state index contributed by atoms with van der Waals surface area (Å²) in [6.45, 7) is 3.94. The Hall–Kier alpha value is -1.20. The van der Waals surface area contributed by atoms with Gasteiger partial charge in [0.2, 0.25) is 0 Å². The Balaban J connectivity index is 2.35. The summed E-state index contributed by atoms with van der Waals surface area (Å²) in [4.78, 5) is 13.1. The van der Waals surface area contributed by atoms with Gasteiger partial charge in [0.05, 0.1) is 5.92 Å². The molecule has 0 radical (unpaired) electrons. The summed E-state index contributed by atoms with van der Waals surface area (Å²) in [6.07, 6.45) is -1.54. The van der Waals surface area contributed by atoms with Crippen LogP contribution in [0.2, 0.25) is 0 Å². The average molecular weight is 264 g/mol. The van der Waals surface area contributed by atoms with Crippen molar-refractivity contribution in [2.45, 2.75) is 37.9 Å². The van der Waals surface area contributed by atoms with E-state index >= 15 is 0 Å². The molecule has 0 heterocycles. The number of carbonyl (C=O) groups excluding carboxylic acids is 1. The van der Waals surface area contributed by atoms with Gasteiger partial charge in [-0.2, -0.15) is 13.2 Å². The van der Waals surface area contributed by atoms with E-state index in [1.807, 2.05) is 0 Å². The van der Waals surface area contributed by atoms with Crippen LogP contribution in [0.4, 0.5) is 18.0 Å². The fraction of sp³-hybridized carbons (Fsp3) is 0.750. The highest BCUT2D eigenvalue weighted by molar-refractivity contribution is 5.74. The molecule has 6 heteroatoms. The maximum atomic E-state index is 12.5. The number of hydrogen-bond donors (Lipinski definition) is 1. The number of rotatable bonds is 3. The van der Waals surface area contributed by atoms with Gasteiger partial charge in [-0.05, 0) is 25.7 Å². The summed E-state index contributed by atoms with van der Waals surface area (Å²) in [5.41, 5.74) is 0.